The zero-order chi connectivity index (χ0) is 6.41. The number of hydrogen-bond donors (Lipinski definition) is 2. The molecule has 0 spiro atoms. The molecule has 0 saturated heterocycles. The molecule has 0 aromatic carbocycles. The summed E-state index contributed by atoms with van der Waals surface area (Å²) < 4.78 is 0. The number of nitrogens with two attached hydrogens (primary N) is 2. The van der Waals surface area contributed by atoms with Crippen molar-refractivity contribution in [1.82, 2.24) is 0 Å². The number of hydrogen-bond acceptors (Lipinski definition) is 3. The van der Waals surface area contributed by atoms with Gasteiger partial charge in [-0.25, -0.2) is 5.90 Å². The second-order valence-corrected chi connectivity index (χ2v) is 1.83. The molecule has 3 heteroatoms. The number of rotatable bonds is 4. The van der Waals surface area contributed by atoms with Crippen LogP contribution in [0.1, 0.15) is 19.8 Å². The average molecular weight is 118 g/mol. The molecule has 0 heterocycles. The van der Waals surface area contributed by atoms with E-state index in [2.05, 4.69) is 4.84 Å². The van der Waals surface area contributed by atoms with Crippen molar-refractivity contribution in [3.8, 4) is 0 Å². The summed E-state index contributed by atoms with van der Waals surface area (Å²) in [6.45, 7) is 2.61. The van der Waals surface area contributed by atoms with Crippen molar-refractivity contribution in [2.75, 3.05) is 6.61 Å². The van der Waals surface area contributed by atoms with Gasteiger partial charge in [-0.2, -0.15) is 0 Å². The Balaban J connectivity index is 2.86. The minimum atomic E-state index is 0.249. The highest BCUT2D eigenvalue weighted by Crippen LogP contribution is 1.90. The van der Waals surface area contributed by atoms with Crippen molar-refractivity contribution in [2.45, 2.75) is 25.8 Å². The Bertz CT molecular complexity index is 49.7. The molecule has 0 bridgehead atoms. The van der Waals surface area contributed by atoms with E-state index in [1.165, 1.54) is 0 Å². The first-order chi connectivity index (χ1) is 3.81. The molecular formula is C5H14N2O. The van der Waals surface area contributed by atoms with Crippen LogP contribution in [0.2, 0.25) is 0 Å². The lowest BCUT2D eigenvalue weighted by Gasteiger charge is -2.04. The fraction of sp³-hybridized carbons (Fsp3) is 1.00. The van der Waals surface area contributed by atoms with E-state index in [1.54, 1.807) is 0 Å². The Morgan fingerprint density at radius 3 is 2.62 bits per heavy atom. The van der Waals surface area contributed by atoms with Crippen molar-refractivity contribution in [3.63, 3.8) is 0 Å². The quantitative estimate of drug-likeness (QED) is 0.511. The van der Waals surface area contributed by atoms with Gasteiger partial charge < -0.3 is 10.6 Å². The van der Waals surface area contributed by atoms with Gasteiger partial charge in [0, 0.05) is 6.04 Å². The van der Waals surface area contributed by atoms with Crippen molar-refractivity contribution < 1.29 is 4.84 Å². The van der Waals surface area contributed by atoms with Gasteiger partial charge in [0.15, 0.2) is 0 Å². The van der Waals surface area contributed by atoms with Crippen molar-refractivity contribution >= 4 is 0 Å². The Morgan fingerprint density at radius 1 is 1.62 bits per heavy atom. The molecular weight excluding hydrogens is 104 g/mol. The topological polar surface area (TPSA) is 61.3 Å². The third kappa shape index (κ3) is 4.05. The molecule has 0 fully saturated rings. The molecule has 4 N–H and O–H groups in total. The second-order valence-electron chi connectivity index (χ2n) is 1.83. The third-order valence-corrected chi connectivity index (χ3v) is 1.13. The van der Waals surface area contributed by atoms with Gasteiger partial charge in [-0.1, -0.05) is 6.92 Å². The predicted octanol–water partition coefficient (Wildman–Crippen LogP) is 0.00410. The lowest BCUT2D eigenvalue weighted by Crippen LogP contribution is -2.21. The Hall–Kier alpha value is -0.120. The van der Waals surface area contributed by atoms with Gasteiger partial charge in [0.05, 0.1) is 6.61 Å². The van der Waals surface area contributed by atoms with E-state index in [1.807, 2.05) is 6.92 Å². The molecule has 0 aliphatic rings. The Labute approximate surface area is 49.9 Å². The highest BCUT2D eigenvalue weighted by molar-refractivity contribution is 4.55. The normalized spacial score (nSPS) is 13.9. The molecule has 50 valence electrons. The minimum Gasteiger partial charge on any atom is -0.328 e. The summed E-state index contributed by atoms with van der Waals surface area (Å²) in [6.07, 6.45) is 1.84. The van der Waals surface area contributed by atoms with Gasteiger partial charge in [-0.3, -0.25) is 0 Å². The Kier molecular flexibility index (Phi) is 4.95. The van der Waals surface area contributed by atoms with E-state index in [0.717, 1.165) is 12.8 Å². The summed E-state index contributed by atoms with van der Waals surface area (Å²) in [5, 5.41) is 0. The van der Waals surface area contributed by atoms with Crippen LogP contribution in [-0.2, 0) is 4.84 Å². The van der Waals surface area contributed by atoms with Crippen molar-refractivity contribution in [3.05, 3.63) is 0 Å². The molecule has 1 atom stereocenters. The van der Waals surface area contributed by atoms with E-state index >= 15 is 0 Å². The van der Waals surface area contributed by atoms with Crippen LogP contribution in [0.25, 0.3) is 0 Å². The fourth-order valence-electron chi connectivity index (χ4n) is 0.424. The highest BCUT2D eigenvalue weighted by Gasteiger charge is 1.95. The van der Waals surface area contributed by atoms with Gasteiger partial charge in [0.1, 0.15) is 0 Å². The molecule has 0 aliphatic carbocycles. The van der Waals surface area contributed by atoms with E-state index in [0.29, 0.717) is 6.61 Å². The maximum Gasteiger partial charge on any atom is 0.0694 e. The maximum absolute atomic E-state index is 5.52. The zero-order valence-corrected chi connectivity index (χ0v) is 5.26. The molecule has 1 unspecified atom stereocenters. The molecule has 0 aromatic rings. The SMILES string of the molecule is CCC(N)CCON. The van der Waals surface area contributed by atoms with E-state index < -0.39 is 0 Å². The summed E-state index contributed by atoms with van der Waals surface area (Å²) in [5.74, 6) is 4.78. The summed E-state index contributed by atoms with van der Waals surface area (Å²) in [5.41, 5.74) is 5.52. The standard InChI is InChI=1S/C5H14N2O/c1-2-5(6)3-4-8-7/h5H,2-4,6-7H2,1H3. The van der Waals surface area contributed by atoms with E-state index in [-0.39, 0.29) is 6.04 Å². The lowest BCUT2D eigenvalue weighted by atomic mass is 10.2. The molecule has 0 saturated carbocycles. The van der Waals surface area contributed by atoms with Crippen LogP contribution in [0.3, 0.4) is 0 Å². The summed E-state index contributed by atoms with van der Waals surface area (Å²) >= 11 is 0. The van der Waals surface area contributed by atoms with Crippen LogP contribution in [0.15, 0.2) is 0 Å². The smallest absolute Gasteiger partial charge is 0.0694 e. The van der Waals surface area contributed by atoms with Crippen LogP contribution >= 0.6 is 0 Å². The molecule has 0 rings (SSSR count). The van der Waals surface area contributed by atoms with Crippen LogP contribution < -0.4 is 11.6 Å². The van der Waals surface area contributed by atoms with Gasteiger partial charge in [-0.05, 0) is 12.8 Å². The minimum absolute atomic E-state index is 0.249. The fourth-order valence-corrected chi connectivity index (χ4v) is 0.424. The second kappa shape index (κ2) is 5.03. The highest BCUT2D eigenvalue weighted by atomic mass is 16.6. The van der Waals surface area contributed by atoms with Crippen LogP contribution in [-0.4, -0.2) is 12.6 Å². The lowest BCUT2D eigenvalue weighted by molar-refractivity contribution is 0.130. The molecule has 8 heavy (non-hydrogen) atoms. The average Bonchev–Trinajstić information content (AvgIpc) is 1.83. The van der Waals surface area contributed by atoms with Crippen molar-refractivity contribution in [2.24, 2.45) is 11.6 Å². The van der Waals surface area contributed by atoms with Gasteiger partial charge >= 0.3 is 0 Å². The zero-order valence-electron chi connectivity index (χ0n) is 5.26. The first-order valence-electron chi connectivity index (χ1n) is 2.88. The molecule has 0 amide bonds. The Morgan fingerprint density at radius 2 is 2.25 bits per heavy atom. The molecule has 0 aromatic heterocycles. The van der Waals surface area contributed by atoms with E-state index in [4.69, 9.17) is 11.6 Å². The van der Waals surface area contributed by atoms with Crippen LogP contribution in [0, 0.1) is 0 Å². The van der Waals surface area contributed by atoms with Gasteiger partial charge in [0.2, 0.25) is 0 Å². The van der Waals surface area contributed by atoms with E-state index in [9.17, 15) is 0 Å². The van der Waals surface area contributed by atoms with Gasteiger partial charge in [0.25, 0.3) is 0 Å². The van der Waals surface area contributed by atoms with Gasteiger partial charge in [-0.15, -0.1) is 0 Å². The first-order valence-corrected chi connectivity index (χ1v) is 2.88. The maximum atomic E-state index is 5.52. The summed E-state index contributed by atoms with van der Waals surface area (Å²) in [6, 6.07) is 0.249. The van der Waals surface area contributed by atoms with Crippen molar-refractivity contribution in [1.29, 1.82) is 0 Å². The third-order valence-electron chi connectivity index (χ3n) is 1.13. The first kappa shape index (κ1) is 7.88. The predicted molar refractivity (Wildman–Crippen MR) is 33.0 cm³/mol. The monoisotopic (exact) mass is 118 g/mol. The largest absolute Gasteiger partial charge is 0.328 e. The molecule has 0 aliphatic heterocycles. The summed E-state index contributed by atoms with van der Waals surface area (Å²) in [4.78, 5) is 4.33. The summed E-state index contributed by atoms with van der Waals surface area (Å²) in [7, 11) is 0. The molecule has 0 radical (unpaired) electrons. The molecule has 3 nitrogen and oxygen atoms in total. The van der Waals surface area contributed by atoms with Crippen LogP contribution in [0.4, 0.5) is 0 Å². The van der Waals surface area contributed by atoms with Crippen LogP contribution in [0.5, 0.6) is 0 Å².